The number of hydrogen-bond donors (Lipinski definition) is 1. The Balaban J connectivity index is 2.35. The van der Waals surface area contributed by atoms with Crippen LogP contribution >= 0.6 is 35.4 Å². The van der Waals surface area contributed by atoms with E-state index in [-0.39, 0.29) is 0 Å². The highest BCUT2D eigenvalue weighted by atomic mass is 35.5. The zero-order valence-electron chi connectivity index (χ0n) is 9.15. The quantitative estimate of drug-likeness (QED) is 0.627. The molecule has 0 aliphatic rings. The van der Waals surface area contributed by atoms with E-state index in [0.29, 0.717) is 14.8 Å². The number of nitrogens with one attached hydrogen (secondary N) is 1. The zero-order valence-corrected chi connectivity index (χ0v) is 11.5. The normalized spacial score (nSPS) is 11.0. The van der Waals surface area contributed by atoms with E-state index in [1.165, 1.54) is 0 Å². The summed E-state index contributed by atoms with van der Waals surface area (Å²) in [7, 11) is 0. The van der Waals surface area contributed by atoms with E-state index in [9.17, 15) is 0 Å². The Kier molecular flexibility index (Phi) is 2.90. The van der Waals surface area contributed by atoms with Crippen LogP contribution in [0.15, 0.2) is 42.5 Å². The maximum absolute atomic E-state index is 6.14. The minimum absolute atomic E-state index is 0.612. The molecular formula is C13H8Cl2N2S. The lowest BCUT2D eigenvalue weighted by molar-refractivity contribution is 1.07. The van der Waals surface area contributed by atoms with Gasteiger partial charge >= 0.3 is 0 Å². The Morgan fingerprint density at radius 3 is 2.44 bits per heavy atom. The summed E-state index contributed by atoms with van der Waals surface area (Å²) in [6.07, 6.45) is 0. The van der Waals surface area contributed by atoms with Crippen molar-refractivity contribution < 1.29 is 0 Å². The molecule has 0 radical (unpaired) electrons. The molecule has 0 unspecified atom stereocenters. The molecule has 0 saturated carbocycles. The van der Waals surface area contributed by atoms with Crippen molar-refractivity contribution in [3.63, 3.8) is 0 Å². The van der Waals surface area contributed by atoms with Crippen LogP contribution in [0.3, 0.4) is 0 Å². The van der Waals surface area contributed by atoms with Gasteiger partial charge < -0.3 is 4.98 Å². The van der Waals surface area contributed by atoms with E-state index in [1.54, 1.807) is 0 Å². The maximum Gasteiger partial charge on any atom is 0.182 e. The van der Waals surface area contributed by atoms with Crippen molar-refractivity contribution in [3.05, 3.63) is 57.3 Å². The van der Waals surface area contributed by atoms with Gasteiger partial charge in [0.1, 0.15) is 0 Å². The summed E-state index contributed by atoms with van der Waals surface area (Å²) in [5.74, 6) is 0. The molecule has 2 nitrogen and oxygen atoms in total. The van der Waals surface area contributed by atoms with Gasteiger partial charge in [0.15, 0.2) is 4.77 Å². The number of H-pyrrole nitrogens is 1. The highest BCUT2D eigenvalue weighted by molar-refractivity contribution is 7.71. The second kappa shape index (κ2) is 4.43. The number of hydrogen-bond acceptors (Lipinski definition) is 1. The van der Waals surface area contributed by atoms with Crippen molar-refractivity contribution in [1.82, 2.24) is 9.55 Å². The van der Waals surface area contributed by atoms with Gasteiger partial charge in [-0.15, -0.1) is 0 Å². The van der Waals surface area contributed by atoms with Crippen molar-refractivity contribution in [2.45, 2.75) is 0 Å². The van der Waals surface area contributed by atoms with Gasteiger partial charge in [-0.1, -0.05) is 29.3 Å². The molecule has 18 heavy (non-hydrogen) atoms. The minimum Gasteiger partial charge on any atom is -0.329 e. The van der Waals surface area contributed by atoms with E-state index in [1.807, 2.05) is 47.0 Å². The first-order valence-corrected chi connectivity index (χ1v) is 6.48. The fourth-order valence-corrected chi connectivity index (χ4v) is 2.59. The lowest BCUT2D eigenvalue weighted by Crippen LogP contribution is -1.93. The summed E-state index contributed by atoms with van der Waals surface area (Å²) in [5, 5.41) is 1.36. The SMILES string of the molecule is S=c1[nH]c2c(Cl)cccc2n1-c1ccc(Cl)cc1. The molecule has 0 bridgehead atoms. The molecule has 1 heterocycles. The molecule has 5 heteroatoms. The second-order valence-electron chi connectivity index (χ2n) is 3.88. The summed E-state index contributed by atoms with van der Waals surface area (Å²) in [6.45, 7) is 0. The zero-order chi connectivity index (χ0) is 12.7. The van der Waals surface area contributed by atoms with Gasteiger partial charge in [0.05, 0.1) is 16.1 Å². The van der Waals surface area contributed by atoms with Gasteiger partial charge in [-0.05, 0) is 48.6 Å². The van der Waals surface area contributed by atoms with Gasteiger partial charge in [0, 0.05) is 10.7 Å². The Labute approximate surface area is 119 Å². The molecule has 0 spiro atoms. The molecule has 90 valence electrons. The van der Waals surface area contributed by atoms with Gasteiger partial charge in [-0.25, -0.2) is 0 Å². The van der Waals surface area contributed by atoms with Crippen molar-refractivity contribution >= 4 is 46.5 Å². The van der Waals surface area contributed by atoms with Crippen LogP contribution in [0.1, 0.15) is 0 Å². The molecule has 0 aliphatic carbocycles. The third-order valence-electron chi connectivity index (χ3n) is 2.75. The summed E-state index contributed by atoms with van der Waals surface area (Å²) in [6, 6.07) is 13.2. The number of fused-ring (bicyclic) bond motifs is 1. The molecule has 0 saturated heterocycles. The van der Waals surface area contributed by atoms with Crippen LogP contribution in [0.2, 0.25) is 10.0 Å². The molecular weight excluding hydrogens is 287 g/mol. The van der Waals surface area contributed by atoms with Crippen LogP contribution in [-0.4, -0.2) is 9.55 Å². The van der Waals surface area contributed by atoms with Crippen molar-refractivity contribution in [3.8, 4) is 5.69 Å². The Morgan fingerprint density at radius 2 is 1.72 bits per heavy atom. The number of nitrogens with zero attached hydrogens (tertiary/aromatic N) is 1. The summed E-state index contributed by atoms with van der Waals surface area (Å²) < 4.78 is 2.55. The first-order valence-electron chi connectivity index (χ1n) is 5.32. The van der Waals surface area contributed by atoms with Crippen molar-refractivity contribution in [1.29, 1.82) is 0 Å². The Morgan fingerprint density at radius 1 is 1.00 bits per heavy atom. The lowest BCUT2D eigenvalue weighted by Gasteiger charge is -2.04. The summed E-state index contributed by atoms with van der Waals surface area (Å²) >= 11 is 17.4. The topological polar surface area (TPSA) is 20.7 Å². The number of imidazole rings is 1. The molecule has 2 aromatic carbocycles. The molecule has 1 N–H and O–H groups in total. The molecule has 0 aliphatic heterocycles. The number of aromatic nitrogens is 2. The third kappa shape index (κ3) is 1.85. The lowest BCUT2D eigenvalue weighted by atomic mass is 10.3. The predicted molar refractivity (Wildman–Crippen MR) is 78.5 cm³/mol. The highest BCUT2D eigenvalue weighted by Crippen LogP contribution is 2.25. The number of halogens is 2. The Hall–Kier alpha value is -1.29. The molecule has 3 rings (SSSR count). The average Bonchev–Trinajstić information content (AvgIpc) is 2.69. The maximum atomic E-state index is 6.14. The molecule has 0 atom stereocenters. The first-order chi connectivity index (χ1) is 8.66. The van der Waals surface area contributed by atoms with Gasteiger partial charge in [-0.2, -0.15) is 0 Å². The average molecular weight is 295 g/mol. The van der Waals surface area contributed by atoms with Gasteiger partial charge in [-0.3, -0.25) is 4.57 Å². The largest absolute Gasteiger partial charge is 0.329 e. The fourth-order valence-electron chi connectivity index (χ4n) is 1.94. The monoisotopic (exact) mass is 294 g/mol. The van der Waals surface area contributed by atoms with Crippen LogP contribution < -0.4 is 0 Å². The predicted octanol–water partition coefficient (Wildman–Crippen LogP) is 4.99. The van der Waals surface area contributed by atoms with Crippen LogP contribution in [-0.2, 0) is 0 Å². The van der Waals surface area contributed by atoms with Crippen LogP contribution in [0.25, 0.3) is 16.7 Å². The second-order valence-corrected chi connectivity index (χ2v) is 5.11. The van der Waals surface area contributed by atoms with E-state index in [0.717, 1.165) is 16.7 Å². The third-order valence-corrected chi connectivity index (χ3v) is 3.60. The van der Waals surface area contributed by atoms with Crippen molar-refractivity contribution in [2.75, 3.05) is 0 Å². The van der Waals surface area contributed by atoms with E-state index < -0.39 is 0 Å². The molecule has 3 aromatic rings. The first kappa shape index (κ1) is 11.8. The summed E-state index contributed by atoms with van der Waals surface area (Å²) in [4.78, 5) is 3.12. The van der Waals surface area contributed by atoms with E-state index in [4.69, 9.17) is 35.4 Å². The standard InChI is InChI=1S/C13H8Cl2N2S/c14-8-4-6-9(7-5-8)17-11-3-1-2-10(15)12(11)16-13(17)18/h1-7H,(H,16,18). The fraction of sp³-hybridized carbons (Fsp3) is 0. The number of para-hydroxylation sites is 1. The minimum atomic E-state index is 0.612. The summed E-state index contributed by atoms with van der Waals surface area (Å²) in [5.41, 5.74) is 2.76. The van der Waals surface area contributed by atoms with Crippen LogP contribution in [0.4, 0.5) is 0 Å². The van der Waals surface area contributed by atoms with Crippen molar-refractivity contribution in [2.24, 2.45) is 0 Å². The van der Waals surface area contributed by atoms with E-state index in [2.05, 4.69) is 4.98 Å². The molecule has 0 fully saturated rings. The molecule has 1 aromatic heterocycles. The van der Waals surface area contributed by atoms with Crippen LogP contribution in [0, 0.1) is 4.77 Å². The number of benzene rings is 2. The van der Waals surface area contributed by atoms with Gasteiger partial charge in [0.25, 0.3) is 0 Å². The number of aromatic amines is 1. The van der Waals surface area contributed by atoms with Crippen LogP contribution in [0.5, 0.6) is 0 Å². The molecule has 0 amide bonds. The van der Waals surface area contributed by atoms with E-state index >= 15 is 0 Å². The number of rotatable bonds is 1. The van der Waals surface area contributed by atoms with Gasteiger partial charge in [0.2, 0.25) is 0 Å². The highest BCUT2D eigenvalue weighted by Gasteiger charge is 2.08. The Bertz CT molecular complexity index is 772. The smallest absolute Gasteiger partial charge is 0.182 e.